The molecule has 0 unspecified atom stereocenters. The van der Waals surface area contributed by atoms with E-state index in [1.165, 1.54) is 6.07 Å². The summed E-state index contributed by atoms with van der Waals surface area (Å²) < 4.78 is 51.5. The number of hydrogen-bond donors (Lipinski definition) is 1. The smallest absolute Gasteiger partial charge is 0.310 e. The van der Waals surface area contributed by atoms with E-state index >= 15 is 0 Å². The largest absolute Gasteiger partial charge is 0.443 e. The first kappa shape index (κ1) is 15.9. The second-order valence-corrected chi connectivity index (χ2v) is 5.91. The van der Waals surface area contributed by atoms with Gasteiger partial charge in [0.15, 0.2) is 5.01 Å². The lowest BCUT2D eigenvalue weighted by Crippen LogP contribution is -2.21. The first-order chi connectivity index (χ1) is 9.77. The summed E-state index contributed by atoms with van der Waals surface area (Å²) >= 11 is 0.444. The third-order valence-electron chi connectivity index (χ3n) is 2.76. The van der Waals surface area contributed by atoms with Gasteiger partial charge in [0.25, 0.3) is 0 Å². The van der Waals surface area contributed by atoms with E-state index in [0.29, 0.717) is 17.9 Å². The Morgan fingerprint density at radius 3 is 2.57 bits per heavy atom. The number of halogens is 4. The summed E-state index contributed by atoms with van der Waals surface area (Å²) in [6.07, 6.45) is -3.44. The standard InChI is InChI=1S/C14H14F4N2S/c1-8(2)19-6-9-3-4-11(15)10(5-9)12-7-20-13(21-12)14(16,17)18/h3-5,7-8,19H,6H2,1-2H3. The fourth-order valence-corrected chi connectivity index (χ4v) is 2.52. The molecule has 0 aliphatic carbocycles. The predicted molar refractivity (Wildman–Crippen MR) is 74.5 cm³/mol. The second kappa shape index (κ2) is 6.11. The fourth-order valence-electron chi connectivity index (χ4n) is 1.72. The summed E-state index contributed by atoms with van der Waals surface area (Å²) in [5.74, 6) is -0.555. The zero-order chi connectivity index (χ0) is 15.6. The van der Waals surface area contributed by atoms with Crippen LogP contribution >= 0.6 is 11.3 Å². The van der Waals surface area contributed by atoms with Crippen LogP contribution in [0.3, 0.4) is 0 Å². The normalized spacial score (nSPS) is 12.1. The Hall–Kier alpha value is -1.47. The van der Waals surface area contributed by atoms with Crippen molar-refractivity contribution in [1.82, 2.24) is 10.3 Å². The lowest BCUT2D eigenvalue weighted by atomic mass is 10.1. The Kier molecular flexibility index (Phi) is 4.63. The predicted octanol–water partition coefficient (Wildman–Crippen LogP) is 4.47. The summed E-state index contributed by atoms with van der Waals surface area (Å²) in [7, 11) is 0. The van der Waals surface area contributed by atoms with Crippen molar-refractivity contribution in [3.8, 4) is 10.4 Å². The van der Waals surface area contributed by atoms with Crippen molar-refractivity contribution < 1.29 is 17.6 Å². The zero-order valence-corrected chi connectivity index (χ0v) is 12.3. The number of aromatic nitrogens is 1. The average molecular weight is 318 g/mol. The van der Waals surface area contributed by atoms with Crippen LogP contribution in [-0.4, -0.2) is 11.0 Å². The number of rotatable bonds is 4. The van der Waals surface area contributed by atoms with E-state index in [1.807, 2.05) is 13.8 Å². The Morgan fingerprint density at radius 1 is 1.29 bits per heavy atom. The van der Waals surface area contributed by atoms with Crippen LogP contribution in [0.25, 0.3) is 10.4 Å². The van der Waals surface area contributed by atoms with Gasteiger partial charge in [-0.15, -0.1) is 11.3 Å². The van der Waals surface area contributed by atoms with Gasteiger partial charge in [-0.1, -0.05) is 19.9 Å². The maximum absolute atomic E-state index is 13.8. The van der Waals surface area contributed by atoms with Gasteiger partial charge in [0.05, 0.1) is 4.88 Å². The van der Waals surface area contributed by atoms with Gasteiger partial charge in [0.1, 0.15) is 5.82 Å². The van der Waals surface area contributed by atoms with E-state index in [1.54, 1.807) is 12.1 Å². The van der Waals surface area contributed by atoms with E-state index in [-0.39, 0.29) is 16.5 Å². The lowest BCUT2D eigenvalue weighted by molar-refractivity contribution is -0.137. The van der Waals surface area contributed by atoms with Crippen molar-refractivity contribution in [2.24, 2.45) is 0 Å². The molecular weight excluding hydrogens is 304 g/mol. The summed E-state index contributed by atoms with van der Waals surface area (Å²) in [4.78, 5) is 3.49. The molecule has 0 amide bonds. The van der Waals surface area contributed by atoms with Crippen LogP contribution in [0.5, 0.6) is 0 Å². The molecule has 114 valence electrons. The zero-order valence-electron chi connectivity index (χ0n) is 11.5. The SMILES string of the molecule is CC(C)NCc1ccc(F)c(-c2cnc(C(F)(F)F)s2)c1. The number of hydrogen-bond acceptors (Lipinski definition) is 3. The quantitative estimate of drug-likeness (QED) is 0.842. The van der Waals surface area contributed by atoms with Crippen molar-refractivity contribution in [1.29, 1.82) is 0 Å². The van der Waals surface area contributed by atoms with Crippen molar-refractivity contribution in [2.75, 3.05) is 0 Å². The third kappa shape index (κ3) is 4.01. The molecule has 1 aromatic heterocycles. The highest BCUT2D eigenvalue weighted by molar-refractivity contribution is 7.15. The number of alkyl halides is 3. The molecule has 0 aliphatic rings. The molecule has 0 bridgehead atoms. The first-order valence-electron chi connectivity index (χ1n) is 6.32. The minimum absolute atomic E-state index is 0.144. The van der Waals surface area contributed by atoms with Crippen LogP contribution in [0.15, 0.2) is 24.4 Å². The molecule has 0 radical (unpaired) electrons. The van der Waals surface area contributed by atoms with Crippen molar-refractivity contribution in [2.45, 2.75) is 32.6 Å². The van der Waals surface area contributed by atoms with Crippen LogP contribution in [0.4, 0.5) is 17.6 Å². The molecule has 0 atom stereocenters. The van der Waals surface area contributed by atoms with Crippen LogP contribution < -0.4 is 5.32 Å². The summed E-state index contributed by atoms with van der Waals surface area (Å²) in [6, 6.07) is 4.69. The summed E-state index contributed by atoms with van der Waals surface area (Å²) in [6.45, 7) is 4.47. The fraction of sp³-hybridized carbons (Fsp3) is 0.357. The van der Waals surface area contributed by atoms with E-state index in [4.69, 9.17) is 0 Å². The molecule has 0 fully saturated rings. The number of benzene rings is 1. The highest BCUT2D eigenvalue weighted by Crippen LogP contribution is 2.37. The van der Waals surface area contributed by atoms with Gasteiger partial charge < -0.3 is 5.32 Å². The minimum atomic E-state index is -4.50. The molecule has 0 saturated heterocycles. The van der Waals surface area contributed by atoms with Gasteiger partial charge in [-0.25, -0.2) is 9.37 Å². The maximum Gasteiger partial charge on any atom is 0.443 e. The molecular formula is C14H14F4N2S. The van der Waals surface area contributed by atoms with E-state index in [0.717, 1.165) is 11.8 Å². The monoisotopic (exact) mass is 318 g/mol. The van der Waals surface area contributed by atoms with E-state index in [2.05, 4.69) is 10.3 Å². The number of nitrogens with one attached hydrogen (secondary N) is 1. The van der Waals surface area contributed by atoms with Crippen LogP contribution in [0.1, 0.15) is 24.4 Å². The van der Waals surface area contributed by atoms with Crippen LogP contribution in [0.2, 0.25) is 0 Å². The molecule has 2 rings (SSSR count). The topological polar surface area (TPSA) is 24.9 Å². The Balaban J connectivity index is 2.30. The number of nitrogens with zero attached hydrogens (tertiary/aromatic N) is 1. The summed E-state index contributed by atoms with van der Waals surface area (Å²) in [5.41, 5.74) is 0.952. The molecule has 1 heterocycles. The van der Waals surface area contributed by atoms with E-state index < -0.39 is 17.0 Å². The van der Waals surface area contributed by atoms with Gasteiger partial charge >= 0.3 is 6.18 Å². The van der Waals surface area contributed by atoms with Crippen LogP contribution in [0, 0.1) is 5.82 Å². The highest BCUT2D eigenvalue weighted by atomic mass is 32.1. The highest BCUT2D eigenvalue weighted by Gasteiger charge is 2.34. The maximum atomic E-state index is 13.8. The van der Waals surface area contributed by atoms with Crippen molar-refractivity contribution in [3.05, 3.63) is 40.8 Å². The molecule has 1 aromatic carbocycles. The first-order valence-corrected chi connectivity index (χ1v) is 7.14. The van der Waals surface area contributed by atoms with Gasteiger partial charge in [0.2, 0.25) is 0 Å². The molecule has 2 aromatic rings. The second-order valence-electron chi connectivity index (χ2n) is 4.88. The minimum Gasteiger partial charge on any atom is -0.310 e. The Labute approximate surface area is 123 Å². The molecule has 7 heteroatoms. The molecule has 0 aliphatic heterocycles. The molecule has 0 spiro atoms. The lowest BCUT2D eigenvalue weighted by Gasteiger charge is -2.09. The van der Waals surface area contributed by atoms with Gasteiger partial charge in [-0.3, -0.25) is 0 Å². The summed E-state index contributed by atoms with van der Waals surface area (Å²) in [5, 5.41) is 2.20. The van der Waals surface area contributed by atoms with Crippen LogP contribution in [-0.2, 0) is 12.7 Å². The number of thiazole rings is 1. The van der Waals surface area contributed by atoms with Gasteiger partial charge in [0, 0.05) is 24.3 Å². The third-order valence-corrected chi connectivity index (χ3v) is 3.83. The van der Waals surface area contributed by atoms with Crippen molar-refractivity contribution in [3.63, 3.8) is 0 Å². The Morgan fingerprint density at radius 2 is 2.00 bits per heavy atom. The molecule has 1 N–H and O–H groups in total. The van der Waals surface area contributed by atoms with Gasteiger partial charge in [-0.2, -0.15) is 13.2 Å². The molecule has 2 nitrogen and oxygen atoms in total. The van der Waals surface area contributed by atoms with E-state index in [9.17, 15) is 17.6 Å². The Bertz CT molecular complexity index is 620. The molecule has 21 heavy (non-hydrogen) atoms. The average Bonchev–Trinajstić information content (AvgIpc) is 2.87. The molecule has 0 saturated carbocycles. The van der Waals surface area contributed by atoms with Gasteiger partial charge in [-0.05, 0) is 17.7 Å². The van der Waals surface area contributed by atoms with Crippen molar-refractivity contribution >= 4 is 11.3 Å².